The minimum absolute atomic E-state index is 0.236. The third-order valence-electron chi connectivity index (χ3n) is 2.28. The smallest absolute Gasteiger partial charge is 0.326 e. The van der Waals surface area contributed by atoms with Crippen LogP contribution in [0.25, 0.3) is 6.08 Å². The molecule has 0 aromatic heterocycles. The second-order valence-electron chi connectivity index (χ2n) is 3.63. The fourth-order valence-electron chi connectivity index (χ4n) is 1.46. The molecule has 0 unspecified atom stereocenters. The van der Waals surface area contributed by atoms with Gasteiger partial charge >= 0.3 is 6.03 Å². The van der Waals surface area contributed by atoms with Crippen molar-refractivity contribution in [3.05, 3.63) is 48.2 Å². The Bertz CT molecular complexity index is 518. The molecule has 0 aliphatic carbocycles. The quantitative estimate of drug-likeness (QED) is 0.478. The number of carbonyl (C=O) groups is 2. The number of hydrogen-bond donors (Lipinski definition) is 2. The first-order valence-corrected chi connectivity index (χ1v) is 5.37. The van der Waals surface area contributed by atoms with Gasteiger partial charge in [0, 0.05) is 0 Å². The summed E-state index contributed by atoms with van der Waals surface area (Å²) in [7, 11) is 0. The molecule has 0 radical (unpaired) electrons. The molecule has 92 valence electrons. The number of rotatable bonds is 4. The summed E-state index contributed by atoms with van der Waals surface area (Å²) in [6, 6.07) is 6.65. The molecule has 0 atom stereocenters. The molecule has 0 bridgehead atoms. The van der Waals surface area contributed by atoms with Crippen LogP contribution in [0.1, 0.15) is 5.56 Å². The Morgan fingerprint density at radius 1 is 1.17 bits per heavy atom. The van der Waals surface area contributed by atoms with Crippen LogP contribution in [0.3, 0.4) is 0 Å². The molecule has 5 nitrogen and oxygen atoms in total. The third-order valence-corrected chi connectivity index (χ3v) is 2.28. The molecule has 3 amide bonds. The Morgan fingerprint density at radius 3 is 2.44 bits per heavy atom. The number of carbonyl (C=O) groups excluding carboxylic acids is 2. The highest BCUT2D eigenvalue weighted by molar-refractivity contribution is 6.13. The lowest BCUT2D eigenvalue weighted by Gasteiger charge is -2.03. The molecule has 5 heteroatoms. The first-order valence-electron chi connectivity index (χ1n) is 5.37. The highest BCUT2D eigenvalue weighted by Gasteiger charge is 2.22. The van der Waals surface area contributed by atoms with E-state index in [1.165, 1.54) is 0 Å². The molecule has 2 rings (SSSR count). The number of ether oxygens (including phenoxy) is 1. The van der Waals surface area contributed by atoms with Crippen LogP contribution in [-0.4, -0.2) is 18.5 Å². The van der Waals surface area contributed by atoms with Crippen molar-refractivity contribution in [2.75, 3.05) is 6.61 Å². The van der Waals surface area contributed by atoms with E-state index < -0.39 is 11.9 Å². The van der Waals surface area contributed by atoms with Gasteiger partial charge in [-0.15, -0.1) is 0 Å². The fraction of sp³-hybridized carbons (Fsp3) is 0.0769. The summed E-state index contributed by atoms with van der Waals surface area (Å²) in [6.07, 6.45) is 3.26. The Balaban J connectivity index is 2.10. The summed E-state index contributed by atoms with van der Waals surface area (Å²) in [4.78, 5) is 22.2. The van der Waals surface area contributed by atoms with Crippen LogP contribution < -0.4 is 15.4 Å². The second-order valence-corrected chi connectivity index (χ2v) is 3.63. The maximum Gasteiger partial charge on any atom is 0.326 e. The molecular formula is C13H12N2O3. The molecule has 1 aliphatic heterocycles. The van der Waals surface area contributed by atoms with Crippen LogP contribution >= 0.6 is 0 Å². The number of imide groups is 1. The minimum Gasteiger partial charge on any atom is -0.490 e. The average Bonchev–Trinajstić information content (AvgIpc) is 2.67. The molecule has 1 aromatic rings. The van der Waals surface area contributed by atoms with Gasteiger partial charge < -0.3 is 10.1 Å². The summed E-state index contributed by atoms with van der Waals surface area (Å²) in [5, 5.41) is 4.55. The Hall–Kier alpha value is -2.56. The van der Waals surface area contributed by atoms with Crippen LogP contribution in [0.2, 0.25) is 0 Å². The molecule has 1 saturated heterocycles. The van der Waals surface area contributed by atoms with Gasteiger partial charge in [-0.25, -0.2) is 4.79 Å². The third kappa shape index (κ3) is 2.76. The van der Waals surface area contributed by atoms with Crippen molar-refractivity contribution in [1.29, 1.82) is 0 Å². The standard InChI is InChI=1S/C13H12N2O3/c1-2-7-18-10-5-3-9(4-6-10)8-11-12(16)15-13(17)14-11/h2-6,8H,1,7H2,(H2,14,15,16,17)/b11-8+. The van der Waals surface area contributed by atoms with Crippen LogP contribution in [0.5, 0.6) is 5.75 Å². The van der Waals surface area contributed by atoms with Crippen molar-refractivity contribution in [2.24, 2.45) is 0 Å². The SMILES string of the molecule is C=CCOc1ccc(/C=C2/NC(=O)NC2=O)cc1. The number of amides is 3. The van der Waals surface area contributed by atoms with Gasteiger partial charge in [0.05, 0.1) is 0 Å². The lowest BCUT2D eigenvalue weighted by Crippen LogP contribution is -2.22. The highest BCUT2D eigenvalue weighted by atomic mass is 16.5. The highest BCUT2D eigenvalue weighted by Crippen LogP contribution is 2.14. The fourth-order valence-corrected chi connectivity index (χ4v) is 1.46. The van der Waals surface area contributed by atoms with Gasteiger partial charge in [0.1, 0.15) is 18.1 Å². The maximum atomic E-state index is 11.3. The predicted molar refractivity (Wildman–Crippen MR) is 66.8 cm³/mol. The van der Waals surface area contributed by atoms with Crippen molar-refractivity contribution in [1.82, 2.24) is 10.6 Å². The topological polar surface area (TPSA) is 67.4 Å². The average molecular weight is 244 g/mol. The molecule has 1 aliphatic rings. The Morgan fingerprint density at radius 2 is 1.89 bits per heavy atom. The minimum atomic E-state index is -0.503. The van der Waals surface area contributed by atoms with Gasteiger partial charge in [-0.05, 0) is 23.8 Å². The Kier molecular flexibility index (Phi) is 3.43. The van der Waals surface area contributed by atoms with E-state index in [1.807, 2.05) is 0 Å². The van der Waals surface area contributed by atoms with E-state index in [2.05, 4.69) is 17.2 Å². The monoisotopic (exact) mass is 244 g/mol. The zero-order valence-corrected chi connectivity index (χ0v) is 9.60. The first-order chi connectivity index (χ1) is 8.69. The molecule has 1 heterocycles. The van der Waals surface area contributed by atoms with Crippen molar-refractivity contribution in [2.45, 2.75) is 0 Å². The number of nitrogens with one attached hydrogen (secondary N) is 2. The zero-order chi connectivity index (χ0) is 13.0. The van der Waals surface area contributed by atoms with Crippen LogP contribution in [0.4, 0.5) is 4.79 Å². The van der Waals surface area contributed by atoms with E-state index in [-0.39, 0.29) is 5.70 Å². The second kappa shape index (κ2) is 5.18. The van der Waals surface area contributed by atoms with Crippen LogP contribution in [0.15, 0.2) is 42.6 Å². The zero-order valence-electron chi connectivity index (χ0n) is 9.60. The number of benzene rings is 1. The summed E-state index contributed by atoms with van der Waals surface area (Å²) < 4.78 is 5.33. The normalized spacial score (nSPS) is 16.3. The molecule has 0 saturated carbocycles. The van der Waals surface area contributed by atoms with E-state index in [0.29, 0.717) is 6.61 Å². The van der Waals surface area contributed by atoms with Gasteiger partial charge in [0.25, 0.3) is 5.91 Å². The molecule has 0 spiro atoms. The van der Waals surface area contributed by atoms with E-state index in [9.17, 15) is 9.59 Å². The van der Waals surface area contributed by atoms with E-state index in [0.717, 1.165) is 11.3 Å². The summed E-state index contributed by atoms with van der Waals surface area (Å²) in [5.41, 5.74) is 1.04. The maximum absolute atomic E-state index is 11.3. The van der Waals surface area contributed by atoms with Crippen molar-refractivity contribution >= 4 is 18.0 Å². The van der Waals surface area contributed by atoms with Crippen LogP contribution in [0, 0.1) is 0 Å². The van der Waals surface area contributed by atoms with Gasteiger partial charge in [0.15, 0.2) is 0 Å². The van der Waals surface area contributed by atoms with Crippen LogP contribution in [-0.2, 0) is 4.79 Å². The van der Waals surface area contributed by atoms with Gasteiger partial charge in [0.2, 0.25) is 0 Å². The van der Waals surface area contributed by atoms with Gasteiger partial charge in [-0.2, -0.15) is 0 Å². The summed E-state index contributed by atoms with van der Waals surface area (Å²) in [6.45, 7) is 4.00. The van der Waals surface area contributed by atoms with E-state index in [1.54, 1.807) is 36.4 Å². The lowest BCUT2D eigenvalue weighted by atomic mass is 10.2. The summed E-state index contributed by atoms with van der Waals surface area (Å²) >= 11 is 0. The molecule has 18 heavy (non-hydrogen) atoms. The van der Waals surface area contributed by atoms with E-state index in [4.69, 9.17) is 4.74 Å². The largest absolute Gasteiger partial charge is 0.490 e. The van der Waals surface area contributed by atoms with Crippen molar-refractivity contribution < 1.29 is 14.3 Å². The summed E-state index contributed by atoms with van der Waals surface area (Å²) in [5.74, 6) is 0.295. The lowest BCUT2D eigenvalue weighted by molar-refractivity contribution is -0.115. The predicted octanol–water partition coefficient (Wildman–Crippen LogP) is 1.43. The number of urea groups is 1. The van der Waals surface area contributed by atoms with E-state index >= 15 is 0 Å². The molecule has 2 N–H and O–H groups in total. The van der Waals surface area contributed by atoms with Gasteiger partial charge in [-0.3, -0.25) is 10.1 Å². The van der Waals surface area contributed by atoms with Crippen molar-refractivity contribution in [3.63, 3.8) is 0 Å². The number of hydrogen-bond acceptors (Lipinski definition) is 3. The van der Waals surface area contributed by atoms with Crippen molar-refractivity contribution in [3.8, 4) is 5.75 Å². The Labute approximate surface area is 104 Å². The molecule has 1 aromatic carbocycles. The van der Waals surface area contributed by atoms with Gasteiger partial charge in [-0.1, -0.05) is 24.8 Å². The molecular weight excluding hydrogens is 232 g/mol. The first kappa shape index (κ1) is 11.9. The molecule has 1 fully saturated rings.